The van der Waals surface area contributed by atoms with E-state index in [0.29, 0.717) is 24.6 Å². The van der Waals surface area contributed by atoms with Gasteiger partial charge in [0.1, 0.15) is 16.5 Å². The number of nitrogens with zero attached hydrogens (tertiary/aromatic N) is 3. The molecule has 0 bridgehead atoms. The first-order chi connectivity index (χ1) is 14.1. The van der Waals surface area contributed by atoms with E-state index in [1.54, 1.807) is 16.3 Å². The molecule has 7 heteroatoms. The predicted molar refractivity (Wildman–Crippen MR) is 114 cm³/mol. The number of aryl methyl sites for hydroxylation is 1. The van der Waals surface area contributed by atoms with E-state index in [1.807, 2.05) is 49.4 Å². The average Bonchev–Trinajstić information content (AvgIpc) is 3.24. The van der Waals surface area contributed by atoms with Gasteiger partial charge < -0.3 is 10.2 Å². The second-order valence-electron chi connectivity index (χ2n) is 7.15. The lowest BCUT2D eigenvalue weighted by molar-refractivity contribution is -0.121. The number of likely N-dealkylation sites (tertiary alicyclic amines) is 1. The van der Waals surface area contributed by atoms with Gasteiger partial charge in [-0.25, -0.2) is 9.97 Å². The number of rotatable bonds is 4. The number of hydrogen-bond acceptors (Lipinski definition) is 5. The van der Waals surface area contributed by atoms with Crippen molar-refractivity contribution < 1.29 is 9.59 Å². The first-order valence-electron chi connectivity index (χ1n) is 9.65. The summed E-state index contributed by atoms with van der Waals surface area (Å²) in [5.41, 5.74) is 2.29. The highest BCUT2D eigenvalue weighted by Gasteiger charge is 2.30. The van der Waals surface area contributed by atoms with E-state index in [-0.39, 0.29) is 17.7 Å². The first-order valence-corrected chi connectivity index (χ1v) is 10.5. The number of carbonyl (C=O) groups is 2. The molecule has 1 unspecified atom stereocenters. The van der Waals surface area contributed by atoms with Gasteiger partial charge >= 0.3 is 0 Å². The molecular formula is C22H22N4O2S. The van der Waals surface area contributed by atoms with Crippen LogP contribution in [0.4, 0.5) is 5.82 Å². The molecule has 6 nitrogen and oxygen atoms in total. The number of carbonyl (C=O) groups excluding carboxylic acids is 2. The molecule has 0 aliphatic carbocycles. The van der Waals surface area contributed by atoms with Crippen LogP contribution >= 0.6 is 11.3 Å². The fourth-order valence-electron chi connectivity index (χ4n) is 3.46. The summed E-state index contributed by atoms with van der Waals surface area (Å²) in [4.78, 5) is 36.2. The summed E-state index contributed by atoms with van der Waals surface area (Å²) in [5.74, 6) is 0.0890. The Bertz CT molecular complexity index is 1020. The molecule has 0 saturated carbocycles. The quantitative estimate of drug-likeness (QED) is 0.710. The maximum absolute atomic E-state index is 12.9. The Morgan fingerprint density at radius 3 is 2.72 bits per heavy atom. The zero-order valence-electron chi connectivity index (χ0n) is 16.2. The molecule has 0 spiro atoms. The largest absolute Gasteiger partial charge is 0.336 e. The highest BCUT2D eigenvalue weighted by atomic mass is 32.1. The third-order valence-electron chi connectivity index (χ3n) is 4.96. The molecule has 2 amide bonds. The summed E-state index contributed by atoms with van der Waals surface area (Å²) < 4.78 is 0. The Kier molecular flexibility index (Phi) is 5.67. The number of thiazole rings is 1. The van der Waals surface area contributed by atoms with Crippen LogP contribution in [0.25, 0.3) is 10.6 Å². The van der Waals surface area contributed by atoms with Gasteiger partial charge in [-0.05, 0) is 31.9 Å². The van der Waals surface area contributed by atoms with Crippen LogP contribution in [0.15, 0.2) is 53.9 Å². The lowest BCUT2D eigenvalue weighted by Gasteiger charge is -2.31. The lowest BCUT2D eigenvalue weighted by atomic mass is 9.97. The van der Waals surface area contributed by atoms with Crippen molar-refractivity contribution in [2.45, 2.75) is 19.8 Å². The summed E-state index contributed by atoms with van der Waals surface area (Å²) in [6, 6.07) is 15.3. The van der Waals surface area contributed by atoms with Crippen molar-refractivity contribution >= 4 is 29.0 Å². The van der Waals surface area contributed by atoms with E-state index in [0.717, 1.165) is 29.1 Å². The maximum Gasteiger partial charge on any atom is 0.273 e. The van der Waals surface area contributed by atoms with Gasteiger partial charge in [-0.2, -0.15) is 0 Å². The SMILES string of the molecule is Cc1cccc(NC(=O)C2CCCN(C(=O)c3csc(-c4ccccc4)n3)C2)n1. The summed E-state index contributed by atoms with van der Waals surface area (Å²) >= 11 is 1.46. The Balaban J connectivity index is 1.42. The average molecular weight is 407 g/mol. The molecule has 1 atom stereocenters. The summed E-state index contributed by atoms with van der Waals surface area (Å²) in [5, 5.41) is 5.50. The number of amides is 2. The number of piperidine rings is 1. The molecule has 1 aromatic carbocycles. The number of anilines is 1. The van der Waals surface area contributed by atoms with Gasteiger partial charge in [-0.15, -0.1) is 11.3 Å². The van der Waals surface area contributed by atoms with Crippen LogP contribution in [0.1, 0.15) is 29.0 Å². The van der Waals surface area contributed by atoms with Gasteiger partial charge in [0.15, 0.2) is 0 Å². The molecule has 3 heterocycles. The Hall–Kier alpha value is -3.06. The number of pyridine rings is 1. The third-order valence-corrected chi connectivity index (χ3v) is 5.85. The minimum absolute atomic E-state index is 0.0937. The van der Waals surface area contributed by atoms with Crippen molar-refractivity contribution in [2.24, 2.45) is 5.92 Å². The Morgan fingerprint density at radius 1 is 1.10 bits per heavy atom. The van der Waals surface area contributed by atoms with Crippen LogP contribution < -0.4 is 5.32 Å². The van der Waals surface area contributed by atoms with Crippen LogP contribution in [0.2, 0.25) is 0 Å². The van der Waals surface area contributed by atoms with E-state index in [4.69, 9.17) is 0 Å². The van der Waals surface area contributed by atoms with E-state index in [2.05, 4.69) is 15.3 Å². The number of benzene rings is 1. The molecule has 29 heavy (non-hydrogen) atoms. The molecule has 1 saturated heterocycles. The lowest BCUT2D eigenvalue weighted by Crippen LogP contribution is -2.44. The zero-order valence-corrected chi connectivity index (χ0v) is 17.0. The molecule has 3 aromatic rings. The molecule has 1 aliphatic rings. The predicted octanol–water partition coefficient (Wildman–Crippen LogP) is 4.00. The van der Waals surface area contributed by atoms with Gasteiger partial charge in [0, 0.05) is 29.7 Å². The van der Waals surface area contributed by atoms with Crippen molar-refractivity contribution in [3.05, 3.63) is 65.3 Å². The smallest absolute Gasteiger partial charge is 0.273 e. The molecule has 4 rings (SSSR count). The normalized spacial score (nSPS) is 16.4. The Labute approximate surface area is 173 Å². The number of aromatic nitrogens is 2. The second kappa shape index (κ2) is 8.53. The van der Waals surface area contributed by atoms with E-state index < -0.39 is 0 Å². The minimum atomic E-state index is -0.248. The topological polar surface area (TPSA) is 75.2 Å². The van der Waals surface area contributed by atoms with Crippen molar-refractivity contribution in [3.63, 3.8) is 0 Å². The highest BCUT2D eigenvalue weighted by molar-refractivity contribution is 7.13. The van der Waals surface area contributed by atoms with Crippen LogP contribution in [-0.4, -0.2) is 39.8 Å². The standard InChI is InChI=1S/C22H22N4O2S/c1-15-7-5-11-19(23-15)25-20(27)17-10-6-12-26(13-17)22(28)18-14-29-21(24-18)16-8-3-2-4-9-16/h2-5,7-9,11,14,17H,6,10,12-13H2,1H3,(H,23,25,27). The Morgan fingerprint density at radius 2 is 1.93 bits per heavy atom. The van der Waals surface area contributed by atoms with E-state index in [1.165, 1.54) is 11.3 Å². The third kappa shape index (κ3) is 4.51. The van der Waals surface area contributed by atoms with Gasteiger partial charge in [0.2, 0.25) is 5.91 Å². The van der Waals surface area contributed by atoms with Crippen LogP contribution in [0.3, 0.4) is 0 Å². The second-order valence-corrected chi connectivity index (χ2v) is 8.01. The first kappa shape index (κ1) is 19.3. The molecule has 1 aliphatic heterocycles. The van der Waals surface area contributed by atoms with E-state index >= 15 is 0 Å². The molecule has 1 fully saturated rings. The van der Waals surface area contributed by atoms with Gasteiger partial charge in [-0.3, -0.25) is 9.59 Å². The fraction of sp³-hybridized carbons (Fsp3) is 0.273. The molecular weight excluding hydrogens is 384 g/mol. The summed E-state index contributed by atoms with van der Waals surface area (Å²) in [6.07, 6.45) is 1.55. The van der Waals surface area contributed by atoms with Crippen molar-refractivity contribution in [3.8, 4) is 10.6 Å². The van der Waals surface area contributed by atoms with Crippen LogP contribution in [-0.2, 0) is 4.79 Å². The van der Waals surface area contributed by atoms with Gasteiger partial charge in [-0.1, -0.05) is 36.4 Å². The van der Waals surface area contributed by atoms with Gasteiger partial charge in [0.05, 0.1) is 5.92 Å². The fourth-order valence-corrected chi connectivity index (χ4v) is 4.26. The molecule has 0 radical (unpaired) electrons. The zero-order chi connectivity index (χ0) is 20.2. The molecule has 2 aromatic heterocycles. The van der Waals surface area contributed by atoms with Crippen LogP contribution in [0, 0.1) is 12.8 Å². The van der Waals surface area contributed by atoms with Crippen molar-refractivity contribution in [1.29, 1.82) is 0 Å². The summed E-state index contributed by atoms with van der Waals surface area (Å²) in [6.45, 7) is 2.92. The molecule has 148 valence electrons. The monoisotopic (exact) mass is 406 g/mol. The number of hydrogen-bond donors (Lipinski definition) is 1. The van der Waals surface area contributed by atoms with Crippen LogP contribution in [0.5, 0.6) is 0 Å². The van der Waals surface area contributed by atoms with Crippen molar-refractivity contribution in [2.75, 3.05) is 18.4 Å². The van der Waals surface area contributed by atoms with E-state index in [9.17, 15) is 9.59 Å². The summed E-state index contributed by atoms with van der Waals surface area (Å²) in [7, 11) is 0. The highest BCUT2D eigenvalue weighted by Crippen LogP contribution is 2.25. The molecule has 1 N–H and O–H groups in total. The number of nitrogens with one attached hydrogen (secondary N) is 1. The minimum Gasteiger partial charge on any atom is -0.336 e. The maximum atomic E-state index is 12.9. The van der Waals surface area contributed by atoms with Gasteiger partial charge in [0.25, 0.3) is 5.91 Å². The van der Waals surface area contributed by atoms with Crippen molar-refractivity contribution in [1.82, 2.24) is 14.9 Å².